The first kappa shape index (κ1) is 14.9. The summed E-state index contributed by atoms with van der Waals surface area (Å²) in [5.74, 6) is 0.0758. The van der Waals surface area contributed by atoms with Crippen molar-refractivity contribution in [3.63, 3.8) is 0 Å². The third-order valence-electron chi connectivity index (χ3n) is 3.50. The van der Waals surface area contributed by atoms with Gasteiger partial charge in [-0.15, -0.1) is 0 Å². The van der Waals surface area contributed by atoms with Crippen molar-refractivity contribution in [3.8, 4) is 5.88 Å². The van der Waals surface area contributed by atoms with Crippen molar-refractivity contribution in [3.05, 3.63) is 46.6 Å². The SMILES string of the molecule is O=C(NCCC(O)c1ccccc1)c1nn2c(c1Cl)OCC2. The highest BCUT2D eigenvalue weighted by Crippen LogP contribution is 2.31. The molecule has 0 spiro atoms. The Kier molecular flexibility index (Phi) is 4.31. The number of benzene rings is 1. The van der Waals surface area contributed by atoms with Crippen LogP contribution in [0, 0.1) is 0 Å². The van der Waals surface area contributed by atoms with Gasteiger partial charge in [0.15, 0.2) is 5.69 Å². The molecule has 1 amide bonds. The third kappa shape index (κ3) is 2.93. The largest absolute Gasteiger partial charge is 0.475 e. The molecule has 0 fully saturated rings. The number of nitrogens with zero attached hydrogens (tertiary/aromatic N) is 2. The smallest absolute Gasteiger partial charge is 0.273 e. The van der Waals surface area contributed by atoms with E-state index in [1.165, 1.54) is 0 Å². The van der Waals surface area contributed by atoms with Crippen LogP contribution in [0.1, 0.15) is 28.6 Å². The number of aliphatic hydroxyl groups excluding tert-OH is 1. The minimum atomic E-state index is -0.618. The number of hydrogen-bond acceptors (Lipinski definition) is 4. The highest BCUT2D eigenvalue weighted by molar-refractivity contribution is 6.34. The van der Waals surface area contributed by atoms with Crippen LogP contribution < -0.4 is 10.1 Å². The number of rotatable bonds is 5. The lowest BCUT2D eigenvalue weighted by Crippen LogP contribution is -2.26. The van der Waals surface area contributed by atoms with Gasteiger partial charge in [0.1, 0.15) is 11.6 Å². The lowest BCUT2D eigenvalue weighted by Gasteiger charge is -2.11. The lowest BCUT2D eigenvalue weighted by molar-refractivity contribution is 0.0936. The number of aliphatic hydroxyl groups is 1. The molecule has 0 aliphatic carbocycles. The maximum absolute atomic E-state index is 12.1. The molecule has 2 N–H and O–H groups in total. The van der Waals surface area contributed by atoms with E-state index in [1.54, 1.807) is 4.68 Å². The van der Waals surface area contributed by atoms with Crippen LogP contribution in [0.2, 0.25) is 5.02 Å². The number of carbonyl (C=O) groups excluding carboxylic acids is 1. The summed E-state index contributed by atoms with van der Waals surface area (Å²) >= 11 is 6.08. The Balaban J connectivity index is 1.55. The van der Waals surface area contributed by atoms with E-state index in [1.807, 2.05) is 30.3 Å². The number of hydrogen-bond donors (Lipinski definition) is 2. The van der Waals surface area contributed by atoms with Crippen LogP contribution >= 0.6 is 11.6 Å². The van der Waals surface area contributed by atoms with Crippen molar-refractivity contribution >= 4 is 17.5 Å². The van der Waals surface area contributed by atoms with E-state index in [0.717, 1.165) is 5.56 Å². The summed E-state index contributed by atoms with van der Waals surface area (Å²) in [4.78, 5) is 12.1. The van der Waals surface area contributed by atoms with Crippen molar-refractivity contribution in [2.24, 2.45) is 0 Å². The van der Waals surface area contributed by atoms with Crippen LogP contribution in [0.4, 0.5) is 0 Å². The van der Waals surface area contributed by atoms with Crippen molar-refractivity contribution < 1.29 is 14.6 Å². The second-order valence-electron chi connectivity index (χ2n) is 5.01. The Labute approximate surface area is 132 Å². The second-order valence-corrected chi connectivity index (χ2v) is 5.39. The number of aromatic nitrogens is 2. The van der Waals surface area contributed by atoms with E-state index >= 15 is 0 Å². The van der Waals surface area contributed by atoms with Gasteiger partial charge >= 0.3 is 0 Å². The number of ether oxygens (including phenoxy) is 1. The molecule has 1 aromatic carbocycles. The van der Waals surface area contributed by atoms with E-state index in [-0.39, 0.29) is 16.6 Å². The first-order chi connectivity index (χ1) is 10.7. The summed E-state index contributed by atoms with van der Waals surface area (Å²) in [6, 6.07) is 9.31. The molecular formula is C15H16ClN3O3. The maximum Gasteiger partial charge on any atom is 0.273 e. The highest BCUT2D eigenvalue weighted by atomic mass is 35.5. The summed E-state index contributed by atoms with van der Waals surface area (Å²) in [5.41, 5.74) is 0.981. The van der Waals surface area contributed by atoms with Crippen molar-refractivity contribution in [1.29, 1.82) is 0 Å². The molecule has 2 heterocycles. The molecule has 0 bridgehead atoms. The van der Waals surface area contributed by atoms with Gasteiger partial charge in [0, 0.05) is 6.54 Å². The van der Waals surface area contributed by atoms with E-state index in [0.29, 0.717) is 32.0 Å². The van der Waals surface area contributed by atoms with Crippen molar-refractivity contribution in [2.75, 3.05) is 13.2 Å². The standard InChI is InChI=1S/C15H16ClN3O3/c16-12-13(18-19-8-9-22-15(12)19)14(21)17-7-6-11(20)10-4-2-1-3-5-10/h1-5,11,20H,6-9H2,(H,17,21). The molecule has 1 aromatic heterocycles. The molecular weight excluding hydrogens is 306 g/mol. The predicted molar refractivity (Wildman–Crippen MR) is 81.1 cm³/mol. The topological polar surface area (TPSA) is 76.4 Å². The molecule has 22 heavy (non-hydrogen) atoms. The molecule has 0 saturated carbocycles. The molecule has 1 unspecified atom stereocenters. The molecule has 2 aromatic rings. The fourth-order valence-corrected chi connectivity index (χ4v) is 2.61. The number of carbonyl (C=O) groups is 1. The Morgan fingerprint density at radius 2 is 2.23 bits per heavy atom. The lowest BCUT2D eigenvalue weighted by atomic mass is 10.1. The van der Waals surface area contributed by atoms with Crippen LogP contribution in [-0.2, 0) is 6.54 Å². The minimum absolute atomic E-state index is 0.158. The number of nitrogens with one attached hydrogen (secondary N) is 1. The van der Waals surface area contributed by atoms with Gasteiger partial charge in [0.2, 0.25) is 5.88 Å². The van der Waals surface area contributed by atoms with Gasteiger partial charge in [-0.3, -0.25) is 4.79 Å². The number of halogens is 1. The van der Waals surface area contributed by atoms with Gasteiger partial charge in [0.05, 0.1) is 12.6 Å². The van der Waals surface area contributed by atoms with Gasteiger partial charge in [-0.25, -0.2) is 4.68 Å². The molecule has 1 aliphatic heterocycles. The quantitative estimate of drug-likeness (QED) is 0.880. The zero-order valence-electron chi connectivity index (χ0n) is 11.8. The summed E-state index contributed by atoms with van der Waals surface area (Å²) < 4.78 is 6.89. The zero-order chi connectivity index (χ0) is 15.5. The summed E-state index contributed by atoms with van der Waals surface area (Å²) in [5, 5.41) is 17.1. The van der Waals surface area contributed by atoms with Gasteiger partial charge in [-0.1, -0.05) is 41.9 Å². The normalized spacial score (nSPS) is 14.3. The van der Waals surface area contributed by atoms with Crippen LogP contribution in [0.25, 0.3) is 0 Å². The first-order valence-electron chi connectivity index (χ1n) is 7.07. The fraction of sp³-hybridized carbons (Fsp3) is 0.333. The monoisotopic (exact) mass is 321 g/mol. The molecule has 0 saturated heterocycles. The molecule has 1 aliphatic rings. The predicted octanol–water partition coefficient (Wildman–Crippen LogP) is 1.78. The molecule has 7 heteroatoms. The molecule has 116 valence electrons. The zero-order valence-corrected chi connectivity index (χ0v) is 12.6. The van der Waals surface area contributed by atoms with Crippen molar-refractivity contribution in [2.45, 2.75) is 19.1 Å². The van der Waals surface area contributed by atoms with Crippen molar-refractivity contribution in [1.82, 2.24) is 15.1 Å². The highest BCUT2D eigenvalue weighted by Gasteiger charge is 2.26. The molecule has 0 radical (unpaired) electrons. The summed E-state index contributed by atoms with van der Waals surface area (Å²) in [6.07, 6.45) is -0.204. The van der Waals surface area contributed by atoms with Crippen LogP contribution in [0.15, 0.2) is 30.3 Å². The number of amides is 1. The Morgan fingerprint density at radius 1 is 1.45 bits per heavy atom. The maximum atomic E-state index is 12.1. The Morgan fingerprint density at radius 3 is 2.95 bits per heavy atom. The van der Waals surface area contributed by atoms with Gasteiger partial charge in [0.25, 0.3) is 5.91 Å². The minimum Gasteiger partial charge on any atom is -0.475 e. The van der Waals surface area contributed by atoms with Crippen LogP contribution in [-0.4, -0.2) is 33.9 Å². The van der Waals surface area contributed by atoms with E-state index in [4.69, 9.17) is 16.3 Å². The van der Waals surface area contributed by atoms with Crippen LogP contribution in [0.3, 0.4) is 0 Å². The van der Waals surface area contributed by atoms with Gasteiger partial charge < -0.3 is 15.2 Å². The Hall–Kier alpha value is -2.05. The molecule has 1 atom stereocenters. The van der Waals surface area contributed by atoms with Gasteiger partial charge in [-0.2, -0.15) is 5.10 Å². The summed E-state index contributed by atoms with van der Waals surface area (Å²) in [6.45, 7) is 1.44. The Bertz CT molecular complexity index is 672. The fourth-order valence-electron chi connectivity index (χ4n) is 2.34. The molecule has 6 nitrogen and oxygen atoms in total. The average molecular weight is 322 g/mol. The number of fused-ring (bicyclic) bond motifs is 1. The van der Waals surface area contributed by atoms with E-state index in [9.17, 15) is 9.90 Å². The van der Waals surface area contributed by atoms with E-state index < -0.39 is 6.10 Å². The average Bonchev–Trinajstić information content (AvgIpc) is 3.11. The van der Waals surface area contributed by atoms with E-state index in [2.05, 4.69) is 10.4 Å². The molecule has 3 rings (SSSR count). The van der Waals surface area contributed by atoms with Gasteiger partial charge in [-0.05, 0) is 12.0 Å². The summed E-state index contributed by atoms with van der Waals surface area (Å²) in [7, 11) is 0. The first-order valence-corrected chi connectivity index (χ1v) is 7.45. The third-order valence-corrected chi connectivity index (χ3v) is 3.84. The van der Waals surface area contributed by atoms with Crippen LogP contribution in [0.5, 0.6) is 5.88 Å². The second kappa shape index (κ2) is 6.37.